The summed E-state index contributed by atoms with van der Waals surface area (Å²) in [5.41, 5.74) is 0.228. The molecule has 0 bridgehead atoms. The van der Waals surface area contributed by atoms with Gasteiger partial charge in [0.05, 0.1) is 6.10 Å². The van der Waals surface area contributed by atoms with Gasteiger partial charge in [0.25, 0.3) is 5.91 Å². The molecule has 23 heavy (non-hydrogen) atoms. The number of carboxylic acid groups (broad SMARTS) is 1. The van der Waals surface area contributed by atoms with Crippen molar-refractivity contribution < 1.29 is 19.8 Å². The van der Waals surface area contributed by atoms with Crippen LogP contribution in [0.4, 0.5) is 0 Å². The number of aliphatic hydroxyl groups excluding tert-OH is 1. The highest BCUT2D eigenvalue weighted by Gasteiger charge is 2.32. The van der Waals surface area contributed by atoms with Crippen LogP contribution in [-0.2, 0) is 0 Å². The first-order valence-corrected chi connectivity index (χ1v) is 7.93. The molecule has 2 heterocycles. The fourth-order valence-electron chi connectivity index (χ4n) is 2.89. The van der Waals surface area contributed by atoms with E-state index in [-0.39, 0.29) is 17.7 Å². The molecule has 7 nitrogen and oxygen atoms in total. The Morgan fingerprint density at radius 2 is 1.96 bits per heavy atom. The molecule has 1 amide bonds. The molecule has 124 valence electrons. The number of carbonyl (C=O) groups excluding carboxylic acids is 1. The van der Waals surface area contributed by atoms with Gasteiger partial charge in [0.2, 0.25) is 0 Å². The Kier molecular flexibility index (Phi) is 4.58. The fraction of sp³-hybridized carbons (Fsp3) is 0.562. The smallest absolute Gasteiger partial charge is 0.354 e. The summed E-state index contributed by atoms with van der Waals surface area (Å²) < 4.78 is 0. The van der Waals surface area contributed by atoms with E-state index in [1.807, 2.05) is 0 Å². The average molecular weight is 319 g/mol. The minimum absolute atomic E-state index is 0.123. The fourth-order valence-corrected chi connectivity index (χ4v) is 2.89. The number of nitrogens with zero attached hydrogens (tertiary/aromatic N) is 3. The van der Waals surface area contributed by atoms with Crippen molar-refractivity contribution in [1.29, 1.82) is 0 Å². The minimum Gasteiger partial charge on any atom is -0.477 e. The molecule has 0 radical (unpaired) electrons. The van der Waals surface area contributed by atoms with E-state index in [1.165, 1.54) is 18.3 Å². The Bertz CT molecular complexity index is 595. The Morgan fingerprint density at radius 3 is 2.57 bits per heavy atom. The third-order valence-corrected chi connectivity index (χ3v) is 4.50. The third-order valence-electron chi connectivity index (χ3n) is 4.50. The zero-order chi connectivity index (χ0) is 16.4. The SMILES string of the molecule is O=C(O)c1cc(C(=O)N2CCN(CC(O)C3CC3)CC2)ccn1. The predicted octanol–water partition coefficient (Wildman–Crippen LogP) is 0.308. The summed E-state index contributed by atoms with van der Waals surface area (Å²) in [5, 5.41) is 18.9. The third kappa shape index (κ3) is 3.86. The molecule has 2 aliphatic rings. The van der Waals surface area contributed by atoms with Gasteiger partial charge in [-0.1, -0.05) is 0 Å². The van der Waals surface area contributed by atoms with Crippen molar-refractivity contribution >= 4 is 11.9 Å². The highest BCUT2D eigenvalue weighted by Crippen LogP contribution is 2.32. The van der Waals surface area contributed by atoms with Crippen molar-refractivity contribution in [3.63, 3.8) is 0 Å². The zero-order valence-corrected chi connectivity index (χ0v) is 12.9. The maximum absolute atomic E-state index is 12.5. The van der Waals surface area contributed by atoms with Crippen LogP contribution in [0.2, 0.25) is 0 Å². The Labute approximate surface area is 134 Å². The number of β-amino-alcohol motifs (C(OH)–C–C–N with tert-alkyl or cyclic N) is 1. The first-order valence-electron chi connectivity index (χ1n) is 7.93. The molecule has 1 aliphatic heterocycles. The average Bonchev–Trinajstić information content (AvgIpc) is 3.40. The maximum Gasteiger partial charge on any atom is 0.354 e. The van der Waals surface area contributed by atoms with Gasteiger partial charge in [-0.15, -0.1) is 0 Å². The molecule has 1 aromatic heterocycles. The van der Waals surface area contributed by atoms with Crippen molar-refractivity contribution in [3.8, 4) is 0 Å². The molecule has 2 fully saturated rings. The second-order valence-corrected chi connectivity index (χ2v) is 6.23. The van der Waals surface area contributed by atoms with Crippen LogP contribution in [0.25, 0.3) is 0 Å². The lowest BCUT2D eigenvalue weighted by Crippen LogP contribution is -2.50. The van der Waals surface area contributed by atoms with Crippen molar-refractivity contribution in [2.24, 2.45) is 5.92 Å². The summed E-state index contributed by atoms with van der Waals surface area (Å²) in [4.78, 5) is 31.0. The zero-order valence-electron chi connectivity index (χ0n) is 12.9. The molecule has 3 rings (SSSR count). The molecule has 1 aliphatic carbocycles. The molecule has 7 heteroatoms. The molecule has 1 atom stereocenters. The first kappa shape index (κ1) is 15.9. The molecule has 1 aromatic rings. The van der Waals surface area contributed by atoms with Crippen LogP contribution in [0.3, 0.4) is 0 Å². The number of carboxylic acids is 1. The number of amides is 1. The maximum atomic E-state index is 12.5. The highest BCUT2D eigenvalue weighted by molar-refractivity contribution is 5.96. The molecular weight excluding hydrogens is 298 g/mol. The Balaban J connectivity index is 1.55. The van der Waals surface area contributed by atoms with Gasteiger partial charge >= 0.3 is 5.97 Å². The number of piperazine rings is 1. The standard InChI is InChI=1S/C16H21N3O4/c20-14(11-1-2-11)10-18-5-7-19(8-6-18)15(21)12-3-4-17-13(9-12)16(22)23/h3-4,9,11,14,20H,1-2,5-8,10H2,(H,22,23). The molecule has 1 saturated heterocycles. The van der Waals surface area contributed by atoms with Crippen LogP contribution in [0.15, 0.2) is 18.3 Å². The largest absolute Gasteiger partial charge is 0.477 e. The van der Waals surface area contributed by atoms with Crippen molar-refractivity contribution in [1.82, 2.24) is 14.8 Å². The molecule has 0 spiro atoms. The summed E-state index contributed by atoms with van der Waals surface area (Å²) in [6, 6.07) is 2.85. The monoisotopic (exact) mass is 319 g/mol. The van der Waals surface area contributed by atoms with Crippen LogP contribution < -0.4 is 0 Å². The summed E-state index contributed by atoms with van der Waals surface area (Å²) in [5.74, 6) is -0.850. The van der Waals surface area contributed by atoms with Gasteiger partial charge in [-0.05, 0) is 30.9 Å². The van der Waals surface area contributed by atoms with Crippen molar-refractivity contribution in [2.75, 3.05) is 32.7 Å². The normalized spacial score (nSPS) is 20.3. The van der Waals surface area contributed by atoms with Crippen LogP contribution in [-0.4, -0.2) is 75.7 Å². The van der Waals surface area contributed by atoms with Crippen molar-refractivity contribution in [2.45, 2.75) is 18.9 Å². The highest BCUT2D eigenvalue weighted by atomic mass is 16.4. The van der Waals surface area contributed by atoms with E-state index in [2.05, 4.69) is 9.88 Å². The second kappa shape index (κ2) is 6.64. The van der Waals surface area contributed by atoms with Crippen LogP contribution in [0.5, 0.6) is 0 Å². The number of aromatic nitrogens is 1. The van der Waals surface area contributed by atoms with Gasteiger partial charge in [0.1, 0.15) is 5.69 Å². The molecule has 1 unspecified atom stereocenters. The number of hydrogen-bond donors (Lipinski definition) is 2. The number of hydrogen-bond acceptors (Lipinski definition) is 5. The van der Waals surface area contributed by atoms with E-state index in [9.17, 15) is 14.7 Å². The van der Waals surface area contributed by atoms with Crippen molar-refractivity contribution in [3.05, 3.63) is 29.6 Å². The van der Waals surface area contributed by atoms with Gasteiger partial charge in [-0.2, -0.15) is 0 Å². The van der Waals surface area contributed by atoms with E-state index < -0.39 is 5.97 Å². The Morgan fingerprint density at radius 1 is 1.26 bits per heavy atom. The number of rotatable bonds is 5. The van der Waals surface area contributed by atoms with E-state index in [0.717, 1.165) is 25.9 Å². The van der Waals surface area contributed by atoms with Crippen LogP contribution in [0.1, 0.15) is 33.7 Å². The lowest BCUT2D eigenvalue weighted by Gasteiger charge is -2.35. The van der Waals surface area contributed by atoms with Crippen LogP contribution >= 0.6 is 0 Å². The van der Waals surface area contributed by atoms with Gasteiger partial charge in [-0.3, -0.25) is 9.69 Å². The Hall–Kier alpha value is -1.99. The van der Waals surface area contributed by atoms with E-state index in [1.54, 1.807) is 4.90 Å². The molecule has 0 aromatic carbocycles. The lowest BCUT2D eigenvalue weighted by atomic mass is 10.1. The minimum atomic E-state index is -1.14. The molecular formula is C16H21N3O4. The molecule has 1 saturated carbocycles. The van der Waals surface area contributed by atoms with E-state index >= 15 is 0 Å². The topological polar surface area (TPSA) is 94.0 Å². The summed E-state index contributed by atoms with van der Waals surface area (Å²) in [7, 11) is 0. The summed E-state index contributed by atoms with van der Waals surface area (Å²) in [6.45, 7) is 3.30. The van der Waals surface area contributed by atoms with Gasteiger partial charge in [0.15, 0.2) is 0 Å². The van der Waals surface area contributed by atoms with Gasteiger partial charge in [-0.25, -0.2) is 9.78 Å². The number of aromatic carboxylic acids is 1. The van der Waals surface area contributed by atoms with E-state index in [4.69, 9.17) is 5.11 Å². The van der Waals surface area contributed by atoms with E-state index in [0.29, 0.717) is 31.1 Å². The number of pyridine rings is 1. The summed E-state index contributed by atoms with van der Waals surface area (Å²) in [6.07, 6.45) is 3.33. The van der Waals surface area contributed by atoms with Crippen LogP contribution in [0, 0.1) is 5.92 Å². The summed E-state index contributed by atoms with van der Waals surface area (Å²) >= 11 is 0. The number of carbonyl (C=O) groups is 2. The first-order chi connectivity index (χ1) is 11.0. The van der Waals surface area contributed by atoms with Gasteiger partial charge < -0.3 is 15.1 Å². The predicted molar refractivity (Wildman–Crippen MR) is 82.3 cm³/mol. The lowest BCUT2D eigenvalue weighted by molar-refractivity contribution is 0.0488. The molecule has 2 N–H and O–H groups in total. The van der Waals surface area contributed by atoms with Gasteiger partial charge in [0, 0.05) is 44.5 Å². The number of aliphatic hydroxyl groups is 1. The quantitative estimate of drug-likeness (QED) is 0.811. The second-order valence-electron chi connectivity index (χ2n) is 6.23.